The minimum atomic E-state index is 0.678. The van der Waals surface area contributed by atoms with E-state index in [0.29, 0.717) is 6.54 Å². The molecule has 15 heavy (non-hydrogen) atoms. The molecule has 2 aromatic heterocycles. The standard InChI is InChI=1S/C11H14N4/c12-5-1-2-11-14-7-4-10(15-11)9-3-6-13-8-9/h3-4,6-8,13H,1-2,5,12H2. The summed E-state index contributed by atoms with van der Waals surface area (Å²) in [7, 11) is 0. The summed E-state index contributed by atoms with van der Waals surface area (Å²) in [6.45, 7) is 0.678. The van der Waals surface area contributed by atoms with E-state index >= 15 is 0 Å². The van der Waals surface area contributed by atoms with Crippen LogP contribution in [0.25, 0.3) is 11.3 Å². The van der Waals surface area contributed by atoms with Gasteiger partial charge in [-0.25, -0.2) is 9.97 Å². The quantitative estimate of drug-likeness (QED) is 0.786. The van der Waals surface area contributed by atoms with Crippen LogP contribution >= 0.6 is 0 Å². The summed E-state index contributed by atoms with van der Waals surface area (Å²) in [5.41, 5.74) is 7.49. The second kappa shape index (κ2) is 4.70. The summed E-state index contributed by atoms with van der Waals surface area (Å²) in [4.78, 5) is 11.7. The Balaban J connectivity index is 2.19. The van der Waals surface area contributed by atoms with Gasteiger partial charge >= 0.3 is 0 Å². The van der Waals surface area contributed by atoms with Crippen LogP contribution in [0, 0.1) is 0 Å². The van der Waals surface area contributed by atoms with Crippen LogP contribution in [0.3, 0.4) is 0 Å². The number of aromatic nitrogens is 3. The smallest absolute Gasteiger partial charge is 0.128 e. The SMILES string of the molecule is NCCCc1nccc(-c2cc[nH]c2)n1. The molecule has 3 N–H and O–H groups in total. The highest BCUT2D eigenvalue weighted by Gasteiger charge is 2.01. The fourth-order valence-corrected chi connectivity index (χ4v) is 1.42. The second-order valence-electron chi connectivity index (χ2n) is 3.35. The molecule has 2 rings (SSSR count). The molecule has 0 atom stereocenters. The number of hydrogen-bond donors (Lipinski definition) is 2. The van der Waals surface area contributed by atoms with Crippen LogP contribution < -0.4 is 5.73 Å². The van der Waals surface area contributed by atoms with E-state index < -0.39 is 0 Å². The maximum Gasteiger partial charge on any atom is 0.128 e. The highest BCUT2D eigenvalue weighted by atomic mass is 14.9. The van der Waals surface area contributed by atoms with Crippen molar-refractivity contribution in [1.82, 2.24) is 15.0 Å². The second-order valence-corrected chi connectivity index (χ2v) is 3.35. The first-order chi connectivity index (χ1) is 7.40. The number of nitrogens with one attached hydrogen (secondary N) is 1. The number of aryl methyl sites for hydroxylation is 1. The Labute approximate surface area is 88.6 Å². The third-order valence-corrected chi connectivity index (χ3v) is 2.20. The van der Waals surface area contributed by atoms with Crippen LogP contribution in [0.2, 0.25) is 0 Å². The topological polar surface area (TPSA) is 67.6 Å². The van der Waals surface area contributed by atoms with Gasteiger partial charge in [0.25, 0.3) is 0 Å². The highest BCUT2D eigenvalue weighted by Crippen LogP contribution is 2.15. The van der Waals surface area contributed by atoms with Gasteiger partial charge in [-0.05, 0) is 25.1 Å². The molecule has 4 nitrogen and oxygen atoms in total. The number of hydrogen-bond acceptors (Lipinski definition) is 3. The van der Waals surface area contributed by atoms with Gasteiger partial charge in [-0.1, -0.05) is 0 Å². The van der Waals surface area contributed by atoms with E-state index in [0.717, 1.165) is 29.9 Å². The summed E-state index contributed by atoms with van der Waals surface area (Å²) in [5, 5.41) is 0. The van der Waals surface area contributed by atoms with E-state index in [-0.39, 0.29) is 0 Å². The van der Waals surface area contributed by atoms with Crippen molar-refractivity contribution in [3.8, 4) is 11.3 Å². The van der Waals surface area contributed by atoms with Crippen molar-refractivity contribution >= 4 is 0 Å². The van der Waals surface area contributed by atoms with Crippen LogP contribution in [0.15, 0.2) is 30.7 Å². The lowest BCUT2D eigenvalue weighted by Gasteiger charge is -2.00. The van der Waals surface area contributed by atoms with Crippen molar-refractivity contribution in [2.45, 2.75) is 12.8 Å². The molecule has 78 valence electrons. The predicted molar refractivity (Wildman–Crippen MR) is 59.2 cm³/mol. The van der Waals surface area contributed by atoms with Crippen LogP contribution in [0.4, 0.5) is 0 Å². The van der Waals surface area contributed by atoms with Gasteiger partial charge in [0.1, 0.15) is 5.82 Å². The van der Waals surface area contributed by atoms with E-state index in [9.17, 15) is 0 Å². The van der Waals surface area contributed by atoms with Crippen LogP contribution in [-0.2, 0) is 6.42 Å². The van der Waals surface area contributed by atoms with E-state index in [1.807, 2.05) is 24.5 Å². The lowest BCUT2D eigenvalue weighted by atomic mass is 10.2. The van der Waals surface area contributed by atoms with Gasteiger partial charge < -0.3 is 10.7 Å². The molecular formula is C11H14N4. The Morgan fingerprint density at radius 2 is 2.27 bits per heavy atom. The first kappa shape index (κ1) is 9.86. The number of nitrogens with zero attached hydrogens (tertiary/aromatic N) is 2. The largest absolute Gasteiger partial charge is 0.367 e. The molecule has 0 bridgehead atoms. The highest BCUT2D eigenvalue weighted by molar-refractivity contribution is 5.57. The average Bonchev–Trinajstić information content (AvgIpc) is 2.80. The summed E-state index contributed by atoms with van der Waals surface area (Å²) < 4.78 is 0. The number of H-pyrrole nitrogens is 1. The zero-order valence-electron chi connectivity index (χ0n) is 8.48. The fraction of sp³-hybridized carbons (Fsp3) is 0.273. The molecule has 0 fully saturated rings. The summed E-state index contributed by atoms with van der Waals surface area (Å²) in [6, 6.07) is 3.91. The van der Waals surface area contributed by atoms with Crippen LogP contribution in [-0.4, -0.2) is 21.5 Å². The number of nitrogens with two attached hydrogens (primary N) is 1. The molecule has 0 saturated carbocycles. The average molecular weight is 202 g/mol. The molecule has 0 radical (unpaired) electrons. The fourth-order valence-electron chi connectivity index (χ4n) is 1.42. The first-order valence-electron chi connectivity index (χ1n) is 5.05. The third kappa shape index (κ3) is 2.41. The molecule has 0 saturated heterocycles. The van der Waals surface area contributed by atoms with Crippen LogP contribution in [0.1, 0.15) is 12.2 Å². The van der Waals surface area contributed by atoms with E-state index in [1.54, 1.807) is 6.20 Å². The molecule has 0 aliphatic heterocycles. The van der Waals surface area contributed by atoms with Gasteiger partial charge in [0.2, 0.25) is 0 Å². The molecule has 4 heteroatoms. The molecule has 2 heterocycles. The van der Waals surface area contributed by atoms with Crippen LogP contribution in [0.5, 0.6) is 0 Å². The van der Waals surface area contributed by atoms with E-state index in [1.165, 1.54) is 0 Å². The zero-order valence-corrected chi connectivity index (χ0v) is 8.48. The number of aromatic amines is 1. The van der Waals surface area contributed by atoms with Gasteiger partial charge in [0.15, 0.2) is 0 Å². The first-order valence-corrected chi connectivity index (χ1v) is 5.05. The van der Waals surface area contributed by atoms with Gasteiger partial charge in [-0.3, -0.25) is 0 Å². The monoisotopic (exact) mass is 202 g/mol. The van der Waals surface area contributed by atoms with E-state index in [2.05, 4.69) is 15.0 Å². The molecule has 0 aliphatic carbocycles. The Bertz CT molecular complexity index is 408. The molecular weight excluding hydrogens is 188 g/mol. The molecule has 0 aromatic carbocycles. The molecule has 0 unspecified atom stereocenters. The lowest BCUT2D eigenvalue weighted by Crippen LogP contribution is -2.03. The van der Waals surface area contributed by atoms with Gasteiger partial charge in [-0.15, -0.1) is 0 Å². The van der Waals surface area contributed by atoms with E-state index in [4.69, 9.17) is 5.73 Å². The Hall–Kier alpha value is -1.68. The van der Waals surface area contributed by atoms with Gasteiger partial charge in [0, 0.05) is 30.6 Å². The Kier molecular flexibility index (Phi) is 3.09. The molecule has 2 aromatic rings. The summed E-state index contributed by atoms with van der Waals surface area (Å²) >= 11 is 0. The summed E-state index contributed by atoms with van der Waals surface area (Å²) in [5.74, 6) is 0.860. The maximum absolute atomic E-state index is 5.45. The van der Waals surface area contributed by atoms with Gasteiger partial charge in [0.05, 0.1) is 5.69 Å². The third-order valence-electron chi connectivity index (χ3n) is 2.20. The predicted octanol–water partition coefficient (Wildman–Crippen LogP) is 1.36. The van der Waals surface area contributed by atoms with Crippen molar-refractivity contribution in [2.75, 3.05) is 6.54 Å². The van der Waals surface area contributed by atoms with Gasteiger partial charge in [-0.2, -0.15) is 0 Å². The molecule has 0 spiro atoms. The maximum atomic E-state index is 5.45. The Morgan fingerprint density at radius 1 is 1.33 bits per heavy atom. The summed E-state index contributed by atoms with van der Waals surface area (Å²) in [6.07, 6.45) is 7.37. The molecule has 0 amide bonds. The minimum Gasteiger partial charge on any atom is -0.367 e. The van der Waals surface area contributed by atoms with Crippen molar-refractivity contribution < 1.29 is 0 Å². The minimum absolute atomic E-state index is 0.678. The Morgan fingerprint density at radius 3 is 3.00 bits per heavy atom. The molecule has 0 aliphatic rings. The van der Waals surface area contributed by atoms with Crippen molar-refractivity contribution in [3.63, 3.8) is 0 Å². The normalized spacial score (nSPS) is 10.5. The van der Waals surface area contributed by atoms with Crippen molar-refractivity contribution in [1.29, 1.82) is 0 Å². The zero-order chi connectivity index (χ0) is 10.5. The number of rotatable bonds is 4. The van der Waals surface area contributed by atoms with Crippen molar-refractivity contribution in [2.24, 2.45) is 5.73 Å². The lowest BCUT2D eigenvalue weighted by molar-refractivity contribution is 0.782. The van der Waals surface area contributed by atoms with Crippen molar-refractivity contribution in [3.05, 3.63) is 36.5 Å².